The molecule has 0 aliphatic rings. The number of alkyl halides is 2. The lowest BCUT2D eigenvalue weighted by Crippen LogP contribution is -2.23. The monoisotopic (exact) mass is 189 g/mol. The molecule has 0 aliphatic carbocycles. The molecule has 1 aromatic rings. The molecule has 4 nitrogen and oxygen atoms in total. The van der Waals surface area contributed by atoms with E-state index in [1.54, 1.807) is 0 Å². The normalized spacial score (nSPS) is 11.7. The summed E-state index contributed by atoms with van der Waals surface area (Å²) in [7, 11) is 0. The summed E-state index contributed by atoms with van der Waals surface area (Å²) in [5.74, 6) is -3.30. The van der Waals surface area contributed by atoms with Gasteiger partial charge in [-0.1, -0.05) is 0 Å². The number of carbonyl (C=O) groups excluding carboxylic acids is 1. The topological polar surface area (TPSA) is 47.8 Å². The Bertz CT molecular complexity index is 316. The minimum atomic E-state index is -2.89. The average molecular weight is 189 g/mol. The van der Waals surface area contributed by atoms with Gasteiger partial charge < -0.3 is 0 Å². The molecule has 0 unspecified atom stereocenters. The lowest BCUT2D eigenvalue weighted by atomic mass is 10.3. The molecule has 0 aliphatic heterocycles. The SMILES string of the molecule is CC(=O)c1ncnn1CC(C)(F)F. The number of hydrogen-bond donors (Lipinski definition) is 0. The first-order valence-electron chi connectivity index (χ1n) is 3.67. The van der Waals surface area contributed by atoms with E-state index in [1.807, 2.05) is 0 Å². The van der Waals surface area contributed by atoms with Gasteiger partial charge in [-0.25, -0.2) is 18.4 Å². The van der Waals surface area contributed by atoms with Crippen molar-refractivity contribution in [2.24, 2.45) is 0 Å². The summed E-state index contributed by atoms with van der Waals surface area (Å²) in [5, 5.41) is 3.53. The molecule has 0 N–H and O–H groups in total. The lowest BCUT2D eigenvalue weighted by molar-refractivity contribution is -0.0000424. The highest BCUT2D eigenvalue weighted by atomic mass is 19.3. The Hall–Kier alpha value is -1.33. The standard InChI is InChI=1S/C7H9F2N3O/c1-5(13)6-10-4-11-12(6)3-7(2,8)9/h4H,3H2,1-2H3. The fourth-order valence-electron chi connectivity index (χ4n) is 0.916. The van der Waals surface area contributed by atoms with Crippen LogP contribution in [-0.2, 0) is 6.54 Å². The van der Waals surface area contributed by atoms with Crippen molar-refractivity contribution in [2.75, 3.05) is 0 Å². The fraction of sp³-hybridized carbons (Fsp3) is 0.571. The van der Waals surface area contributed by atoms with Crippen LogP contribution < -0.4 is 0 Å². The quantitative estimate of drug-likeness (QED) is 0.670. The van der Waals surface area contributed by atoms with Crippen LogP contribution in [0.3, 0.4) is 0 Å². The van der Waals surface area contributed by atoms with Crippen LogP contribution in [0.4, 0.5) is 8.78 Å². The van der Waals surface area contributed by atoms with E-state index in [9.17, 15) is 13.6 Å². The van der Waals surface area contributed by atoms with Crippen LogP contribution in [0.5, 0.6) is 0 Å². The van der Waals surface area contributed by atoms with Crippen LogP contribution in [0.1, 0.15) is 24.5 Å². The maximum atomic E-state index is 12.5. The van der Waals surface area contributed by atoms with Gasteiger partial charge in [0.2, 0.25) is 0 Å². The lowest BCUT2D eigenvalue weighted by Gasteiger charge is -2.10. The van der Waals surface area contributed by atoms with E-state index in [1.165, 1.54) is 6.92 Å². The van der Waals surface area contributed by atoms with Crippen molar-refractivity contribution in [3.8, 4) is 0 Å². The molecule has 1 rings (SSSR count). The molecular formula is C7H9F2N3O. The van der Waals surface area contributed by atoms with Crippen LogP contribution >= 0.6 is 0 Å². The van der Waals surface area contributed by atoms with Crippen LogP contribution in [0.25, 0.3) is 0 Å². The van der Waals surface area contributed by atoms with Crippen LogP contribution in [0.15, 0.2) is 6.33 Å². The molecular weight excluding hydrogens is 180 g/mol. The van der Waals surface area contributed by atoms with Crippen LogP contribution in [0.2, 0.25) is 0 Å². The van der Waals surface area contributed by atoms with Crippen molar-refractivity contribution in [2.45, 2.75) is 26.3 Å². The van der Waals surface area contributed by atoms with E-state index in [0.29, 0.717) is 0 Å². The molecule has 0 amide bonds. The number of halogens is 2. The zero-order valence-electron chi connectivity index (χ0n) is 7.29. The molecule has 1 heterocycles. The molecule has 13 heavy (non-hydrogen) atoms. The molecule has 0 radical (unpaired) electrons. The summed E-state index contributed by atoms with van der Waals surface area (Å²) in [5.41, 5.74) is 0. The Labute approximate surface area is 73.6 Å². The van der Waals surface area contributed by atoms with Gasteiger partial charge in [0, 0.05) is 13.8 Å². The zero-order valence-corrected chi connectivity index (χ0v) is 7.29. The van der Waals surface area contributed by atoms with Gasteiger partial charge in [0.05, 0.1) is 0 Å². The summed E-state index contributed by atoms with van der Waals surface area (Å²) in [6.45, 7) is 1.40. The number of nitrogens with zero attached hydrogens (tertiary/aromatic N) is 3. The van der Waals surface area contributed by atoms with Gasteiger partial charge in [-0.2, -0.15) is 5.10 Å². The van der Waals surface area contributed by atoms with E-state index < -0.39 is 12.5 Å². The van der Waals surface area contributed by atoms with Crippen molar-refractivity contribution in [1.82, 2.24) is 14.8 Å². The molecule has 0 atom stereocenters. The molecule has 72 valence electrons. The molecule has 6 heteroatoms. The second-order valence-electron chi connectivity index (χ2n) is 2.87. The largest absolute Gasteiger partial charge is 0.291 e. The first-order valence-corrected chi connectivity index (χ1v) is 3.67. The predicted molar refractivity (Wildman–Crippen MR) is 40.6 cm³/mol. The zero-order chi connectivity index (χ0) is 10.1. The number of rotatable bonds is 3. The molecule has 0 aromatic carbocycles. The number of Topliss-reactive ketones (excluding diaryl/α,β-unsaturated/α-hetero) is 1. The second-order valence-corrected chi connectivity index (χ2v) is 2.87. The molecule has 0 saturated carbocycles. The Morgan fingerprint density at radius 3 is 2.77 bits per heavy atom. The van der Waals surface area contributed by atoms with Crippen molar-refractivity contribution in [3.63, 3.8) is 0 Å². The summed E-state index contributed by atoms with van der Waals surface area (Å²) in [4.78, 5) is 14.4. The average Bonchev–Trinajstić information content (AvgIpc) is 2.31. The molecule has 0 fully saturated rings. The number of aromatic nitrogens is 3. The van der Waals surface area contributed by atoms with E-state index >= 15 is 0 Å². The van der Waals surface area contributed by atoms with Crippen molar-refractivity contribution >= 4 is 5.78 Å². The molecule has 0 saturated heterocycles. The molecule has 0 bridgehead atoms. The Kier molecular flexibility index (Phi) is 2.40. The highest BCUT2D eigenvalue weighted by Gasteiger charge is 2.24. The third-order valence-electron chi connectivity index (χ3n) is 1.36. The summed E-state index contributed by atoms with van der Waals surface area (Å²) in [6.07, 6.45) is 1.09. The third-order valence-corrected chi connectivity index (χ3v) is 1.36. The third kappa shape index (κ3) is 2.57. The van der Waals surface area contributed by atoms with Gasteiger partial charge in [0.1, 0.15) is 12.9 Å². The highest BCUT2D eigenvalue weighted by Crippen LogP contribution is 2.14. The van der Waals surface area contributed by atoms with Gasteiger partial charge in [-0.05, 0) is 0 Å². The first kappa shape index (κ1) is 9.76. The van der Waals surface area contributed by atoms with Gasteiger partial charge in [-0.15, -0.1) is 0 Å². The second kappa shape index (κ2) is 3.20. The van der Waals surface area contributed by atoms with E-state index in [4.69, 9.17) is 0 Å². The molecule has 1 aromatic heterocycles. The van der Waals surface area contributed by atoms with Crippen molar-refractivity contribution in [1.29, 1.82) is 0 Å². The van der Waals surface area contributed by atoms with Gasteiger partial charge >= 0.3 is 0 Å². The van der Waals surface area contributed by atoms with Crippen LogP contribution in [-0.4, -0.2) is 26.5 Å². The first-order chi connectivity index (χ1) is 5.90. The van der Waals surface area contributed by atoms with E-state index in [0.717, 1.165) is 17.9 Å². The van der Waals surface area contributed by atoms with Gasteiger partial charge in [-0.3, -0.25) is 4.79 Å². The van der Waals surface area contributed by atoms with Gasteiger partial charge in [0.25, 0.3) is 5.92 Å². The smallest absolute Gasteiger partial charge is 0.264 e. The minimum Gasteiger partial charge on any atom is -0.291 e. The van der Waals surface area contributed by atoms with Crippen molar-refractivity contribution < 1.29 is 13.6 Å². The minimum absolute atomic E-state index is 0.0403. The number of hydrogen-bond acceptors (Lipinski definition) is 3. The number of carbonyl (C=O) groups is 1. The van der Waals surface area contributed by atoms with Gasteiger partial charge in [0.15, 0.2) is 11.6 Å². The predicted octanol–water partition coefficient (Wildman–Crippen LogP) is 1.14. The van der Waals surface area contributed by atoms with Crippen LogP contribution in [0, 0.1) is 0 Å². The number of ketones is 1. The summed E-state index contributed by atoms with van der Waals surface area (Å²) >= 11 is 0. The Morgan fingerprint density at radius 1 is 1.69 bits per heavy atom. The maximum Gasteiger partial charge on any atom is 0.264 e. The highest BCUT2D eigenvalue weighted by molar-refractivity contribution is 5.90. The van der Waals surface area contributed by atoms with E-state index in [2.05, 4.69) is 10.1 Å². The summed E-state index contributed by atoms with van der Waals surface area (Å²) < 4.78 is 26.0. The Balaban J connectivity index is 2.89. The fourth-order valence-corrected chi connectivity index (χ4v) is 0.916. The maximum absolute atomic E-state index is 12.5. The summed E-state index contributed by atoms with van der Waals surface area (Å²) in [6, 6.07) is 0. The Morgan fingerprint density at radius 2 is 2.31 bits per heavy atom. The van der Waals surface area contributed by atoms with Crippen molar-refractivity contribution in [3.05, 3.63) is 12.2 Å². The van der Waals surface area contributed by atoms with E-state index in [-0.39, 0.29) is 11.6 Å². The molecule has 0 spiro atoms.